The first-order valence-electron chi connectivity index (χ1n) is 3.59. The smallest absolute Gasteiger partial charge is 0.351 e. The van der Waals surface area contributed by atoms with Gasteiger partial charge in [0.2, 0.25) is 0 Å². The zero-order chi connectivity index (χ0) is 9.84. The highest BCUT2D eigenvalue weighted by Crippen LogP contribution is 2.11. The number of hydrogen-bond acceptors (Lipinski definition) is 3. The third-order valence-electron chi connectivity index (χ3n) is 1.46. The van der Waals surface area contributed by atoms with Crippen LogP contribution in [0.1, 0.15) is 5.56 Å². The quantitative estimate of drug-likeness (QED) is 0.585. The van der Waals surface area contributed by atoms with Gasteiger partial charge in [0.05, 0.1) is 0 Å². The Hall–Kier alpha value is -1.97. The van der Waals surface area contributed by atoms with Crippen LogP contribution in [0.25, 0.3) is 6.08 Å². The minimum atomic E-state index is -1.16. The first kappa shape index (κ1) is 9.12. The third kappa shape index (κ3) is 2.52. The Morgan fingerprint density at radius 2 is 1.85 bits per heavy atom. The van der Waals surface area contributed by atoms with Crippen LogP contribution < -0.4 is 5.73 Å². The monoisotopic (exact) mass is 179 g/mol. The molecule has 0 saturated carbocycles. The van der Waals surface area contributed by atoms with Crippen LogP contribution in [0.4, 0.5) is 0 Å². The van der Waals surface area contributed by atoms with Gasteiger partial charge in [-0.15, -0.1) is 0 Å². The van der Waals surface area contributed by atoms with Gasteiger partial charge in [-0.1, -0.05) is 12.1 Å². The molecule has 0 spiro atoms. The molecular weight excluding hydrogens is 170 g/mol. The standard InChI is InChI=1S/C9H9NO3/c10-8(9(12)13)5-6-1-3-7(11)4-2-6/h1-5,11H,10H2,(H,12,13)/b8-5-. The summed E-state index contributed by atoms with van der Waals surface area (Å²) in [5.74, 6) is -1.03. The molecule has 0 aliphatic heterocycles. The fraction of sp³-hybridized carbons (Fsp3) is 0. The Morgan fingerprint density at radius 3 is 2.31 bits per heavy atom. The second-order valence-electron chi connectivity index (χ2n) is 2.50. The summed E-state index contributed by atoms with van der Waals surface area (Å²) in [5.41, 5.74) is 5.59. The molecule has 0 amide bonds. The number of aromatic hydroxyl groups is 1. The SMILES string of the molecule is N/C(=C\c1ccc(O)cc1)C(=O)O. The van der Waals surface area contributed by atoms with E-state index in [1.807, 2.05) is 0 Å². The van der Waals surface area contributed by atoms with E-state index in [1.54, 1.807) is 12.1 Å². The highest BCUT2D eigenvalue weighted by molar-refractivity contribution is 5.90. The van der Waals surface area contributed by atoms with Gasteiger partial charge in [0.1, 0.15) is 11.4 Å². The Morgan fingerprint density at radius 1 is 1.31 bits per heavy atom. The van der Waals surface area contributed by atoms with E-state index in [0.29, 0.717) is 5.56 Å². The highest BCUT2D eigenvalue weighted by Gasteiger charge is 2.00. The van der Waals surface area contributed by atoms with Crippen molar-refractivity contribution in [2.45, 2.75) is 0 Å². The molecule has 13 heavy (non-hydrogen) atoms. The molecule has 68 valence electrons. The van der Waals surface area contributed by atoms with Crippen LogP contribution in [0.5, 0.6) is 5.75 Å². The molecule has 0 saturated heterocycles. The minimum absolute atomic E-state index is 0.131. The largest absolute Gasteiger partial charge is 0.508 e. The lowest BCUT2D eigenvalue weighted by molar-refractivity contribution is -0.132. The van der Waals surface area contributed by atoms with E-state index in [4.69, 9.17) is 15.9 Å². The molecule has 0 fully saturated rings. The number of benzene rings is 1. The molecule has 1 rings (SSSR count). The molecule has 4 nitrogen and oxygen atoms in total. The molecule has 0 aromatic heterocycles. The van der Waals surface area contributed by atoms with Crippen molar-refractivity contribution in [3.05, 3.63) is 35.5 Å². The number of phenols is 1. The Kier molecular flexibility index (Phi) is 2.54. The Balaban J connectivity index is 2.92. The minimum Gasteiger partial charge on any atom is -0.508 e. The summed E-state index contributed by atoms with van der Waals surface area (Å²) in [6, 6.07) is 6.07. The molecule has 0 atom stereocenters. The molecule has 1 aromatic rings. The van der Waals surface area contributed by atoms with Crippen LogP contribution in [0.15, 0.2) is 30.0 Å². The predicted molar refractivity (Wildman–Crippen MR) is 47.9 cm³/mol. The van der Waals surface area contributed by atoms with E-state index < -0.39 is 5.97 Å². The molecular formula is C9H9NO3. The van der Waals surface area contributed by atoms with Crippen molar-refractivity contribution in [1.29, 1.82) is 0 Å². The van der Waals surface area contributed by atoms with Crippen LogP contribution in [-0.4, -0.2) is 16.2 Å². The van der Waals surface area contributed by atoms with Crippen molar-refractivity contribution in [3.63, 3.8) is 0 Å². The molecule has 0 radical (unpaired) electrons. The topological polar surface area (TPSA) is 83.5 Å². The summed E-state index contributed by atoms with van der Waals surface area (Å²) in [6.45, 7) is 0. The molecule has 0 aliphatic rings. The number of hydrogen-bond donors (Lipinski definition) is 3. The van der Waals surface area contributed by atoms with E-state index in [-0.39, 0.29) is 11.4 Å². The van der Waals surface area contributed by atoms with Crippen molar-refractivity contribution < 1.29 is 15.0 Å². The van der Waals surface area contributed by atoms with Gasteiger partial charge >= 0.3 is 5.97 Å². The zero-order valence-electron chi connectivity index (χ0n) is 6.77. The van der Waals surface area contributed by atoms with Gasteiger partial charge < -0.3 is 15.9 Å². The van der Waals surface area contributed by atoms with Crippen LogP contribution in [-0.2, 0) is 4.79 Å². The molecule has 0 bridgehead atoms. The number of nitrogens with two attached hydrogens (primary N) is 1. The molecule has 0 aliphatic carbocycles. The van der Waals surface area contributed by atoms with Gasteiger partial charge in [-0.2, -0.15) is 0 Å². The normalized spacial score (nSPS) is 11.2. The lowest BCUT2D eigenvalue weighted by atomic mass is 10.2. The van der Waals surface area contributed by atoms with E-state index in [1.165, 1.54) is 18.2 Å². The average molecular weight is 179 g/mol. The second kappa shape index (κ2) is 3.62. The zero-order valence-corrected chi connectivity index (χ0v) is 6.77. The van der Waals surface area contributed by atoms with Crippen molar-refractivity contribution in [1.82, 2.24) is 0 Å². The first-order valence-corrected chi connectivity index (χ1v) is 3.59. The average Bonchev–Trinajstić information content (AvgIpc) is 2.08. The number of carboxylic acid groups (broad SMARTS) is 1. The lowest BCUT2D eigenvalue weighted by Gasteiger charge is -1.95. The van der Waals surface area contributed by atoms with Crippen LogP contribution in [0.2, 0.25) is 0 Å². The number of phenolic OH excluding ortho intramolecular Hbond substituents is 1. The van der Waals surface area contributed by atoms with Crippen LogP contribution in [0, 0.1) is 0 Å². The highest BCUT2D eigenvalue weighted by atomic mass is 16.4. The number of carboxylic acids is 1. The number of rotatable bonds is 2. The van der Waals surface area contributed by atoms with E-state index >= 15 is 0 Å². The van der Waals surface area contributed by atoms with Gasteiger partial charge in [0.25, 0.3) is 0 Å². The van der Waals surface area contributed by atoms with Gasteiger partial charge in [0.15, 0.2) is 0 Å². The maximum atomic E-state index is 10.3. The Labute approximate surface area is 74.9 Å². The summed E-state index contributed by atoms with van der Waals surface area (Å²) in [4.78, 5) is 10.3. The summed E-state index contributed by atoms with van der Waals surface area (Å²) in [5, 5.41) is 17.4. The maximum absolute atomic E-state index is 10.3. The van der Waals surface area contributed by atoms with Gasteiger partial charge in [-0.05, 0) is 23.8 Å². The maximum Gasteiger partial charge on any atom is 0.351 e. The summed E-state index contributed by atoms with van der Waals surface area (Å²) < 4.78 is 0. The van der Waals surface area contributed by atoms with Gasteiger partial charge in [-0.3, -0.25) is 0 Å². The second-order valence-corrected chi connectivity index (χ2v) is 2.50. The third-order valence-corrected chi connectivity index (χ3v) is 1.46. The van der Waals surface area contributed by atoms with Crippen molar-refractivity contribution in [3.8, 4) is 5.75 Å². The van der Waals surface area contributed by atoms with Crippen LogP contribution in [0.3, 0.4) is 0 Å². The molecule has 4 N–H and O–H groups in total. The van der Waals surface area contributed by atoms with Crippen molar-refractivity contribution >= 4 is 12.0 Å². The number of carbonyl (C=O) groups is 1. The van der Waals surface area contributed by atoms with E-state index in [0.717, 1.165) is 0 Å². The summed E-state index contributed by atoms with van der Waals surface area (Å²) >= 11 is 0. The number of aliphatic carboxylic acids is 1. The fourth-order valence-corrected chi connectivity index (χ4v) is 0.812. The molecule has 0 unspecified atom stereocenters. The van der Waals surface area contributed by atoms with Crippen LogP contribution >= 0.6 is 0 Å². The summed E-state index contributed by atoms with van der Waals surface area (Å²) in [7, 11) is 0. The van der Waals surface area contributed by atoms with Gasteiger partial charge in [0, 0.05) is 0 Å². The van der Waals surface area contributed by atoms with Crippen molar-refractivity contribution in [2.24, 2.45) is 5.73 Å². The lowest BCUT2D eigenvalue weighted by Crippen LogP contribution is -2.09. The molecule has 4 heteroatoms. The van der Waals surface area contributed by atoms with E-state index in [9.17, 15) is 4.79 Å². The fourth-order valence-electron chi connectivity index (χ4n) is 0.812. The van der Waals surface area contributed by atoms with Crippen molar-refractivity contribution in [2.75, 3.05) is 0 Å². The predicted octanol–water partition coefficient (Wildman–Crippen LogP) is 0.776. The van der Waals surface area contributed by atoms with E-state index in [2.05, 4.69) is 0 Å². The summed E-state index contributed by atoms with van der Waals surface area (Å²) in [6.07, 6.45) is 1.32. The molecule has 1 aromatic carbocycles. The molecule has 0 heterocycles. The first-order chi connectivity index (χ1) is 6.09. The Bertz CT molecular complexity index is 340. The van der Waals surface area contributed by atoms with Gasteiger partial charge in [-0.25, -0.2) is 4.79 Å².